The second-order valence-electron chi connectivity index (χ2n) is 3.09. The van der Waals surface area contributed by atoms with Crippen molar-refractivity contribution in [2.45, 2.75) is 9.79 Å². The molecule has 2 aromatic rings. The van der Waals surface area contributed by atoms with Gasteiger partial charge in [-0.15, -0.1) is 0 Å². The molecule has 0 bridgehead atoms. The minimum Gasteiger partial charge on any atom is -0.384 e. The van der Waals surface area contributed by atoms with Gasteiger partial charge in [0.2, 0.25) is 0 Å². The van der Waals surface area contributed by atoms with Crippen molar-refractivity contribution in [2.75, 3.05) is 5.73 Å². The van der Waals surface area contributed by atoms with Crippen molar-refractivity contribution in [3.8, 4) is 0 Å². The van der Waals surface area contributed by atoms with Crippen LogP contribution < -0.4 is 5.73 Å². The van der Waals surface area contributed by atoms with Gasteiger partial charge in [0.15, 0.2) is 0 Å². The smallest absolute Gasteiger partial charge is 0.124 e. The van der Waals surface area contributed by atoms with Gasteiger partial charge in [-0.2, -0.15) is 0 Å². The zero-order valence-electron chi connectivity index (χ0n) is 8.15. The maximum absolute atomic E-state index is 6.06. The number of nitrogens with zero attached hydrogens (tertiary/aromatic N) is 1. The van der Waals surface area contributed by atoms with Crippen LogP contribution in [0.3, 0.4) is 0 Å². The molecular weight excluding hydrogens is 263 g/mol. The number of anilines is 1. The Balaban J connectivity index is 2.30. The molecular formula is C11H8Cl2N2S. The molecule has 16 heavy (non-hydrogen) atoms. The molecule has 0 spiro atoms. The van der Waals surface area contributed by atoms with Crippen LogP contribution in [0.1, 0.15) is 0 Å². The molecule has 0 unspecified atom stereocenters. The largest absolute Gasteiger partial charge is 0.384 e. The summed E-state index contributed by atoms with van der Waals surface area (Å²) in [4.78, 5) is 5.81. The molecule has 0 fully saturated rings. The third kappa shape index (κ3) is 2.82. The first-order valence-electron chi connectivity index (χ1n) is 4.49. The van der Waals surface area contributed by atoms with E-state index < -0.39 is 0 Å². The topological polar surface area (TPSA) is 38.9 Å². The summed E-state index contributed by atoms with van der Waals surface area (Å²) >= 11 is 13.5. The highest BCUT2D eigenvalue weighted by molar-refractivity contribution is 7.99. The lowest BCUT2D eigenvalue weighted by Crippen LogP contribution is -1.88. The van der Waals surface area contributed by atoms with E-state index in [-0.39, 0.29) is 0 Å². The summed E-state index contributed by atoms with van der Waals surface area (Å²) < 4.78 is 0. The maximum Gasteiger partial charge on any atom is 0.124 e. The van der Waals surface area contributed by atoms with Crippen LogP contribution in [-0.4, -0.2) is 4.98 Å². The van der Waals surface area contributed by atoms with Crippen LogP contribution in [0.4, 0.5) is 5.82 Å². The normalized spacial score (nSPS) is 10.4. The third-order valence-electron chi connectivity index (χ3n) is 1.87. The molecule has 0 radical (unpaired) electrons. The molecule has 82 valence electrons. The van der Waals surface area contributed by atoms with E-state index in [0.717, 1.165) is 9.79 Å². The van der Waals surface area contributed by atoms with Gasteiger partial charge in [0.25, 0.3) is 0 Å². The lowest BCUT2D eigenvalue weighted by molar-refractivity contribution is 1.27. The number of rotatable bonds is 2. The van der Waals surface area contributed by atoms with E-state index in [1.165, 1.54) is 11.8 Å². The maximum atomic E-state index is 6.06. The van der Waals surface area contributed by atoms with Crippen LogP contribution in [0.2, 0.25) is 10.0 Å². The molecule has 1 aromatic carbocycles. The Morgan fingerprint density at radius 3 is 2.69 bits per heavy atom. The fourth-order valence-electron chi connectivity index (χ4n) is 1.17. The van der Waals surface area contributed by atoms with Crippen molar-refractivity contribution in [1.82, 2.24) is 4.98 Å². The number of nitrogen functional groups attached to an aromatic ring is 1. The van der Waals surface area contributed by atoms with Crippen molar-refractivity contribution in [3.63, 3.8) is 0 Å². The molecule has 1 heterocycles. The first-order chi connectivity index (χ1) is 7.65. The SMILES string of the molecule is Nc1cc(Sc2cc(Cl)ccc2Cl)ccn1. The standard InChI is InChI=1S/C11H8Cl2N2S/c12-7-1-2-9(13)10(5-7)16-8-3-4-15-11(14)6-8/h1-6H,(H2,14,15). The van der Waals surface area contributed by atoms with E-state index in [0.29, 0.717) is 15.9 Å². The van der Waals surface area contributed by atoms with Gasteiger partial charge in [-0.1, -0.05) is 35.0 Å². The van der Waals surface area contributed by atoms with Gasteiger partial charge in [0.1, 0.15) is 5.82 Å². The van der Waals surface area contributed by atoms with Crippen molar-refractivity contribution in [3.05, 3.63) is 46.6 Å². The van der Waals surface area contributed by atoms with Crippen LogP contribution >= 0.6 is 35.0 Å². The van der Waals surface area contributed by atoms with Crippen LogP contribution in [0.15, 0.2) is 46.3 Å². The number of pyridine rings is 1. The van der Waals surface area contributed by atoms with Crippen LogP contribution in [0.25, 0.3) is 0 Å². The summed E-state index contributed by atoms with van der Waals surface area (Å²) in [7, 11) is 0. The first kappa shape index (κ1) is 11.6. The highest BCUT2D eigenvalue weighted by atomic mass is 35.5. The number of benzene rings is 1. The Bertz CT molecular complexity index is 517. The zero-order chi connectivity index (χ0) is 11.5. The molecule has 0 aliphatic carbocycles. The number of aromatic nitrogens is 1. The fraction of sp³-hybridized carbons (Fsp3) is 0. The Kier molecular flexibility index (Phi) is 3.59. The van der Waals surface area contributed by atoms with E-state index >= 15 is 0 Å². The van der Waals surface area contributed by atoms with E-state index in [1.54, 1.807) is 24.4 Å². The molecule has 0 atom stereocenters. The number of halogens is 2. The van der Waals surface area contributed by atoms with E-state index in [9.17, 15) is 0 Å². The minimum atomic E-state index is 0.489. The molecule has 2 nitrogen and oxygen atoms in total. The monoisotopic (exact) mass is 270 g/mol. The summed E-state index contributed by atoms with van der Waals surface area (Å²) in [6.45, 7) is 0. The van der Waals surface area contributed by atoms with Crippen molar-refractivity contribution in [2.24, 2.45) is 0 Å². The van der Waals surface area contributed by atoms with Gasteiger partial charge in [-0.3, -0.25) is 0 Å². The van der Waals surface area contributed by atoms with Gasteiger partial charge in [-0.25, -0.2) is 4.98 Å². The van der Waals surface area contributed by atoms with E-state index in [4.69, 9.17) is 28.9 Å². The van der Waals surface area contributed by atoms with Gasteiger partial charge in [0.05, 0.1) is 5.02 Å². The Morgan fingerprint density at radius 2 is 1.94 bits per heavy atom. The second kappa shape index (κ2) is 4.95. The number of hydrogen-bond donors (Lipinski definition) is 1. The molecule has 0 saturated carbocycles. The highest BCUT2D eigenvalue weighted by Gasteiger charge is 2.04. The van der Waals surface area contributed by atoms with Gasteiger partial charge >= 0.3 is 0 Å². The Hall–Kier alpha value is -0.900. The van der Waals surface area contributed by atoms with Gasteiger partial charge in [-0.05, 0) is 30.3 Å². The predicted molar refractivity (Wildman–Crippen MR) is 69.2 cm³/mol. The number of nitrogens with two attached hydrogens (primary N) is 1. The molecule has 0 aliphatic heterocycles. The van der Waals surface area contributed by atoms with Crippen LogP contribution in [-0.2, 0) is 0 Å². The first-order valence-corrected chi connectivity index (χ1v) is 6.07. The Labute approximate surface area is 108 Å². The summed E-state index contributed by atoms with van der Waals surface area (Å²) in [6, 6.07) is 9.02. The Morgan fingerprint density at radius 1 is 1.12 bits per heavy atom. The van der Waals surface area contributed by atoms with E-state index in [1.807, 2.05) is 12.1 Å². The zero-order valence-corrected chi connectivity index (χ0v) is 10.5. The molecule has 5 heteroatoms. The van der Waals surface area contributed by atoms with Crippen molar-refractivity contribution < 1.29 is 0 Å². The third-order valence-corrected chi connectivity index (χ3v) is 3.60. The minimum absolute atomic E-state index is 0.489. The predicted octanol–water partition coefficient (Wildman–Crippen LogP) is 4.12. The fourth-order valence-corrected chi connectivity index (χ4v) is 2.56. The lowest BCUT2D eigenvalue weighted by Gasteiger charge is -2.04. The lowest BCUT2D eigenvalue weighted by atomic mass is 10.4. The summed E-state index contributed by atoms with van der Waals surface area (Å²) in [6.07, 6.45) is 1.66. The van der Waals surface area contributed by atoms with Gasteiger partial charge in [0, 0.05) is 21.0 Å². The molecule has 2 rings (SSSR count). The van der Waals surface area contributed by atoms with Gasteiger partial charge < -0.3 is 5.73 Å². The summed E-state index contributed by atoms with van der Waals surface area (Å²) in [5.74, 6) is 0.489. The molecule has 0 amide bonds. The molecule has 1 aromatic heterocycles. The average molecular weight is 271 g/mol. The molecule has 0 saturated heterocycles. The second-order valence-corrected chi connectivity index (χ2v) is 5.05. The molecule has 2 N–H and O–H groups in total. The number of hydrogen-bond acceptors (Lipinski definition) is 3. The summed E-state index contributed by atoms with van der Waals surface area (Å²) in [5, 5.41) is 1.33. The quantitative estimate of drug-likeness (QED) is 0.892. The molecule has 0 aliphatic rings. The average Bonchev–Trinajstić information content (AvgIpc) is 2.24. The van der Waals surface area contributed by atoms with Crippen molar-refractivity contribution >= 4 is 40.8 Å². The highest BCUT2D eigenvalue weighted by Crippen LogP contribution is 2.35. The van der Waals surface area contributed by atoms with E-state index in [2.05, 4.69) is 4.98 Å². The van der Waals surface area contributed by atoms with Crippen LogP contribution in [0, 0.1) is 0 Å². The summed E-state index contributed by atoms with van der Waals surface area (Å²) in [5.41, 5.74) is 5.60. The van der Waals surface area contributed by atoms with Crippen molar-refractivity contribution in [1.29, 1.82) is 0 Å². The van der Waals surface area contributed by atoms with Crippen LogP contribution in [0.5, 0.6) is 0 Å².